The van der Waals surface area contributed by atoms with Crippen molar-refractivity contribution < 1.29 is 4.74 Å². The van der Waals surface area contributed by atoms with Crippen LogP contribution in [0, 0.1) is 0 Å². The molecule has 0 amide bonds. The van der Waals surface area contributed by atoms with Crippen molar-refractivity contribution in [1.82, 2.24) is 15.0 Å². The van der Waals surface area contributed by atoms with E-state index in [4.69, 9.17) is 4.74 Å². The Labute approximate surface area is 128 Å². The van der Waals surface area contributed by atoms with E-state index >= 15 is 0 Å². The van der Waals surface area contributed by atoms with Crippen molar-refractivity contribution in [3.8, 4) is 5.75 Å². The summed E-state index contributed by atoms with van der Waals surface area (Å²) in [6.07, 6.45) is 3.00. The summed E-state index contributed by atoms with van der Waals surface area (Å²) in [7, 11) is 0. The van der Waals surface area contributed by atoms with Gasteiger partial charge < -0.3 is 4.74 Å². The van der Waals surface area contributed by atoms with Gasteiger partial charge in [-0.15, -0.1) is 5.10 Å². The van der Waals surface area contributed by atoms with Crippen LogP contribution in [0.2, 0.25) is 0 Å². The molecular formula is C13H13Br2N3O. The van der Waals surface area contributed by atoms with Crippen LogP contribution in [0.25, 0.3) is 0 Å². The zero-order chi connectivity index (χ0) is 13.4. The fourth-order valence-corrected chi connectivity index (χ4v) is 2.80. The van der Waals surface area contributed by atoms with Gasteiger partial charge >= 0.3 is 0 Å². The lowest BCUT2D eigenvalue weighted by atomic mass is 10.1. The first-order valence-corrected chi connectivity index (χ1v) is 7.82. The van der Waals surface area contributed by atoms with Crippen LogP contribution in [-0.2, 0) is 13.0 Å². The van der Waals surface area contributed by atoms with Gasteiger partial charge in [0, 0.05) is 17.1 Å². The maximum atomic E-state index is 5.91. The van der Waals surface area contributed by atoms with Crippen LogP contribution in [0.5, 0.6) is 5.75 Å². The number of benzene rings is 1. The summed E-state index contributed by atoms with van der Waals surface area (Å²) in [4.78, 5) is 0.221. The number of hydrogen-bond donors (Lipinski definition) is 0. The molecule has 1 aromatic heterocycles. The van der Waals surface area contributed by atoms with Gasteiger partial charge in [0.2, 0.25) is 0 Å². The molecule has 0 saturated carbocycles. The van der Waals surface area contributed by atoms with Crippen LogP contribution in [0.3, 0.4) is 0 Å². The van der Waals surface area contributed by atoms with E-state index in [9.17, 15) is 0 Å². The smallest absolute Gasteiger partial charge is 0.123 e. The highest BCUT2D eigenvalue weighted by Crippen LogP contribution is 2.31. The normalized spacial score (nSPS) is 19.0. The zero-order valence-electron chi connectivity index (χ0n) is 10.4. The maximum absolute atomic E-state index is 5.91. The van der Waals surface area contributed by atoms with Crippen LogP contribution in [-0.4, -0.2) is 21.1 Å². The molecule has 0 bridgehead atoms. The molecule has 0 radical (unpaired) electrons. The van der Waals surface area contributed by atoms with E-state index in [1.807, 2.05) is 29.9 Å². The fraction of sp³-hybridized carbons (Fsp3) is 0.385. The lowest BCUT2D eigenvalue weighted by Crippen LogP contribution is -2.21. The molecule has 0 N–H and O–H groups in total. The van der Waals surface area contributed by atoms with E-state index in [0.717, 1.165) is 28.9 Å². The second-order valence-corrected chi connectivity index (χ2v) is 6.97. The molecule has 1 aromatic carbocycles. The monoisotopic (exact) mass is 385 g/mol. The summed E-state index contributed by atoms with van der Waals surface area (Å²) in [5.41, 5.74) is 2.19. The van der Waals surface area contributed by atoms with E-state index in [0.29, 0.717) is 0 Å². The van der Waals surface area contributed by atoms with Crippen LogP contribution >= 0.6 is 31.9 Å². The first-order chi connectivity index (χ1) is 9.11. The number of aromatic nitrogens is 3. The zero-order valence-corrected chi connectivity index (χ0v) is 13.6. The second-order valence-electron chi connectivity index (χ2n) is 4.68. The number of alkyl halides is 1. The van der Waals surface area contributed by atoms with Crippen LogP contribution < -0.4 is 4.74 Å². The van der Waals surface area contributed by atoms with Crippen molar-refractivity contribution in [3.05, 3.63) is 40.1 Å². The standard InChI is InChI=1S/C13H13Br2N3O/c1-8(14)12-7-18(17-16-12)6-11-5-9-4-10(15)2-3-13(9)19-11/h2-4,7-8,11H,5-6H2,1H3. The number of halogens is 2. The summed E-state index contributed by atoms with van der Waals surface area (Å²) < 4.78 is 8.85. The highest BCUT2D eigenvalue weighted by atomic mass is 79.9. The van der Waals surface area contributed by atoms with E-state index in [2.05, 4.69) is 48.2 Å². The van der Waals surface area contributed by atoms with E-state index < -0.39 is 0 Å². The molecule has 100 valence electrons. The molecule has 1 aliphatic heterocycles. The summed E-state index contributed by atoms with van der Waals surface area (Å²) >= 11 is 6.97. The van der Waals surface area contributed by atoms with Gasteiger partial charge in [-0.05, 0) is 30.7 Å². The molecule has 3 rings (SSSR count). The van der Waals surface area contributed by atoms with Gasteiger partial charge in [-0.2, -0.15) is 0 Å². The van der Waals surface area contributed by atoms with Gasteiger partial charge in [0.05, 0.1) is 17.1 Å². The molecule has 6 heteroatoms. The molecule has 2 heterocycles. The number of hydrogen-bond acceptors (Lipinski definition) is 3. The average Bonchev–Trinajstić information content (AvgIpc) is 2.95. The quantitative estimate of drug-likeness (QED) is 0.758. The van der Waals surface area contributed by atoms with Crippen molar-refractivity contribution in [1.29, 1.82) is 0 Å². The van der Waals surface area contributed by atoms with Gasteiger partial charge in [0.1, 0.15) is 11.9 Å². The summed E-state index contributed by atoms with van der Waals surface area (Å²) in [5, 5.41) is 8.25. The third kappa shape index (κ3) is 2.84. The lowest BCUT2D eigenvalue weighted by molar-refractivity contribution is 0.202. The SMILES string of the molecule is CC(Br)c1cn(CC2Cc3cc(Br)ccc3O2)nn1. The summed E-state index contributed by atoms with van der Waals surface area (Å²) in [5.74, 6) is 0.974. The Hall–Kier alpha value is -0.880. The highest BCUT2D eigenvalue weighted by Gasteiger charge is 2.23. The number of nitrogens with zero attached hydrogens (tertiary/aromatic N) is 3. The molecule has 19 heavy (non-hydrogen) atoms. The van der Waals surface area contributed by atoms with Crippen LogP contribution in [0.15, 0.2) is 28.9 Å². The molecule has 4 nitrogen and oxygen atoms in total. The van der Waals surface area contributed by atoms with Gasteiger partial charge in [0.25, 0.3) is 0 Å². The molecular weight excluding hydrogens is 374 g/mol. The van der Waals surface area contributed by atoms with Crippen molar-refractivity contribution in [3.63, 3.8) is 0 Å². The third-order valence-corrected chi connectivity index (χ3v) is 4.08. The minimum atomic E-state index is 0.129. The summed E-state index contributed by atoms with van der Waals surface area (Å²) in [6.45, 7) is 2.76. The first-order valence-electron chi connectivity index (χ1n) is 6.11. The molecule has 0 spiro atoms. The lowest BCUT2D eigenvalue weighted by Gasteiger charge is -2.09. The largest absolute Gasteiger partial charge is 0.488 e. The highest BCUT2D eigenvalue weighted by molar-refractivity contribution is 9.10. The van der Waals surface area contributed by atoms with Crippen LogP contribution in [0.4, 0.5) is 0 Å². The number of fused-ring (bicyclic) bond motifs is 1. The average molecular weight is 387 g/mol. The Morgan fingerprint density at radius 1 is 1.53 bits per heavy atom. The minimum Gasteiger partial charge on any atom is -0.488 e. The predicted octanol–water partition coefficient (Wildman–Crippen LogP) is 3.50. The first kappa shape index (κ1) is 13.1. The fourth-order valence-electron chi connectivity index (χ4n) is 2.18. The Kier molecular flexibility index (Phi) is 3.62. The third-order valence-electron chi connectivity index (χ3n) is 3.12. The Bertz CT molecular complexity index is 597. The van der Waals surface area contributed by atoms with Crippen molar-refractivity contribution in [2.24, 2.45) is 0 Å². The molecule has 1 aliphatic rings. The Morgan fingerprint density at radius 2 is 2.37 bits per heavy atom. The Balaban J connectivity index is 1.69. The van der Waals surface area contributed by atoms with Gasteiger partial charge in [-0.3, -0.25) is 0 Å². The van der Waals surface area contributed by atoms with Crippen molar-refractivity contribution >= 4 is 31.9 Å². The van der Waals surface area contributed by atoms with E-state index in [-0.39, 0.29) is 10.9 Å². The molecule has 0 saturated heterocycles. The van der Waals surface area contributed by atoms with Crippen molar-refractivity contribution in [2.45, 2.75) is 30.8 Å². The molecule has 0 fully saturated rings. The second kappa shape index (κ2) is 5.25. The number of rotatable bonds is 3. The van der Waals surface area contributed by atoms with Gasteiger partial charge in [-0.25, -0.2) is 4.68 Å². The van der Waals surface area contributed by atoms with Gasteiger partial charge in [0.15, 0.2) is 0 Å². The minimum absolute atomic E-state index is 0.129. The van der Waals surface area contributed by atoms with Crippen molar-refractivity contribution in [2.75, 3.05) is 0 Å². The summed E-state index contributed by atoms with van der Waals surface area (Å²) in [6, 6.07) is 6.12. The molecule has 2 atom stereocenters. The predicted molar refractivity (Wildman–Crippen MR) is 79.6 cm³/mol. The topological polar surface area (TPSA) is 39.9 Å². The molecule has 2 aromatic rings. The number of ether oxygens (including phenoxy) is 1. The molecule has 2 unspecified atom stereocenters. The van der Waals surface area contributed by atoms with E-state index in [1.165, 1.54) is 5.56 Å². The van der Waals surface area contributed by atoms with Gasteiger partial charge in [-0.1, -0.05) is 37.1 Å². The van der Waals surface area contributed by atoms with Crippen LogP contribution in [0.1, 0.15) is 23.0 Å². The Morgan fingerprint density at radius 3 is 3.11 bits per heavy atom. The molecule has 0 aliphatic carbocycles. The maximum Gasteiger partial charge on any atom is 0.123 e. The van der Waals surface area contributed by atoms with E-state index in [1.54, 1.807) is 0 Å².